The van der Waals surface area contributed by atoms with E-state index in [0.29, 0.717) is 0 Å². The molecule has 25 heavy (non-hydrogen) atoms. The highest BCUT2D eigenvalue weighted by molar-refractivity contribution is 7.91. The van der Waals surface area contributed by atoms with E-state index in [0.717, 1.165) is 36.4 Å². The molecule has 0 spiro atoms. The number of pyridine rings is 1. The Balaban J connectivity index is 2.22. The summed E-state index contributed by atoms with van der Waals surface area (Å²) in [5.41, 5.74) is -1.22. The molecule has 1 unspecified atom stereocenters. The maximum atomic E-state index is 13.3. The molecule has 1 saturated heterocycles. The SMILES string of the molecule is CC(C)(C(=O)Nc1cccc(C(F)(F)F)n1)S(=O)(=O)N1CCC(F)C1. The molecule has 11 heteroatoms. The number of hydrogen-bond acceptors (Lipinski definition) is 4. The Morgan fingerprint density at radius 3 is 2.48 bits per heavy atom. The maximum absolute atomic E-state index is 13.3. The topological polar surface area (TPSA) is 79.4 Å². The predicted octanol–water partition coefficient (Wildman–Crippen LogP) is 2.19. The number of amides is 1. The van der Waals surface area contributed by atoms with E-state index in [-0.39, 0.29) is 19.5 Å². The van der Waals surface area contributed by atoms with Crippen molar-refractivity contribution in [3.05, 3.63) is 23.9 Å². The minimum atomic E-state index is -4.70. The molecule has 0 saturated carbocycles. The minimum absolute atomic E-state index is 0.0338. The zero-order chi connectivity index (χ0) is 19.0. The Morgan fingerprint density at radius 1 is 1.32 bits per heavy atom. The van der Waals surface area contributed by atoms with Gasteiger partial charge in [-0.05, 0) is 32.4 Å². The molecule has 0 bridgehead atoms. The number of aromatic nitrogens is 1. The summed E-state index contributed by atoms with van der Waals surface area (Å²) in [6.07, 6.45) is -5.97. The van der Waals surface area contributed by atoms with E-state index in [1.165, 1.54) is 0 Å². The van der Waals surface area contributed by atoms with E-state index in [9.17, 15) is 30.8 Å². The normalized spacial score (nSPS) is 19.8. The van der Waals surface area contributed by atoms with Gasteiger partial charge >= 0.3 is 6.18 Å². The number of anilines is 1. The number of carbonyl (C=O) groups excluding carboxylic acids is 1. The van der Waals surface area contributed by atoms with Crippen LogP contribution >= 0.6 is 0 Å². The molecular weight excluding hydrogens is 366 g/mol. The number of hydrogen-bond donors (Lipinski definition) is 1. The molecule has 1 N–H and O–H groups in total. The summed E-state index contributed by atoms with van der Waals surface area (Å²) < 4.78 is 75.2. The molecule has 1 fully saturated rings. The van der Waals surface area contributed by atoms with E-state index in [4.69, 9.17) is 0 Å². The molecule has 0 aromatic carbocycles. The Labute approximate surface area is 142 Å². The molecule has 2 rings (SSSR count). The fourth-order valence-electron chi connectivity index (χ4n) is 2.27. The van der Waals surface area contributed by atoms with Gasteiger partial charge in [0.2, 0.25) is 15.9 Å². The summed E-state index contributed by atoms with van der Waals surface area (Å²) in [6, 6.07) is 2.88. The summed E-state index contributed by atoms with van der Waals surface area (Å²) in [7, 11) is -4.20. The van der Waals surface area contributed by atoms with Crippen LogP contribution in [-0.4, -0.2) is 47.6 Å². The molecular formula is C14H17F4N3O3S. The van der Waals surface area contributed by atoms with Crippen LogP contribution in [0.25, 0.3) is 0 Å². The van der Waals surface area contributed by atoms with Crippen LogP contribution in [0.2, 0.25) is 0 Å². The monoisotopic (exact) mass is 383 g/mol. The quantitative estimate of drug-likeness (QED) is 0.809. The van der Waals surface area contributed by atoms with Gasteiger partial charge in [-0.15, -0.1) is 0 Å². The van der Waals surface area contributed by atoms with Gasteiger partial charge < -0.3 is 5.32 Å². The lowest BCUT2D eigenvalue weighted by Gasteiger charge is -2.28. The van der Waals surface area contributed by atoms with Crippen molar-refractivity contribution in [1.29, 1.82) is 0 Å². The van der Waals surface area contributed by atoms with Gasteiger partial charge in [0.15, 0.2) is 4.75 Å². The standard InChI is InChI=1S/C14H17F4N3O3S/c1-13(2,25(23,24)21-7-6-9(15)8-21)12(22)20-11-5-3-4-10(19-11)14(16,17)18/h3-5,9H,6-8H2,1-2H3,(H,19,20,22). The van der Waals surface area contributed by atoms with Crippen LogP contribution in [-0.2, 0) is 21.0 Å². The Morgan fingerprint density at radius 2 is 1.96 bits per heavy atom. The highest BCUT2D eigenvalue weighted by atomic mass is 32.2. The Hall–Kier alpha value is -1.75. The first-order chi connectivity index (χ1) is 11.4. The number of sulfonamides is 1. The fourth-order valence-corrected chi connectivity index (χ4v) is 3.91. The third kappa shape index (κ3) is 3.92. The van der Waals surface area contributed by atoms with Crippen molar-refractivity contribution in [2.45, 2.75) is 37.4 Å². The van der Waals surface area contributed by atoms with Gasteiger partial charge in [0, 0.05) is 13.1 Å². The summed E-state index contributed by atoms with van der Waals surface area (Å²) >= 11 is 0. The summed E-state index contributed by atoms with van der Waals surface area (Å²) in [6.45, 7) is 1.82. The van der Waals surface area contributed by atoms with E-state index < -0.39 is 44.5 Å². The molecule has 1 aromatic heterocycles. The van der Waals surface area contributed by atoms with E-state index in [1.807, 2.05) is 0 Å². The van der Waals surface area contributed by atoms with Crippen LogP contribution in [0.5, 0.6) is 0 Å². The van der Waals surface area contributed by atoms with Crippen molar-refractivity contribution < 1.29 is 30.8 Å². The Kier molecular flexibility index (Phi) is 5.11. The summed E-state index contributed by atoms with van der Waals surface area (Å²) in [4.78, 5) is 15.6. The molecule has 0 radical (unpaired) electrons. The average molecular weight is 383 g/mol. The second-order valence-electron chi connectivity index (χ2n) is 6.12. The van der Waals surface area contributed by atoms with Crippen molar-refractivity contribution in [2.75, 3.05) is 18.4 Å². The molecule has 1 aliphatic heterocycles. The van der Waals surface area contributed by atoms with Crippen molar-refractivity contribution in [2.24, 2.45) is 0 Å². The average Bonchev–Trinajstić information content (AvgIpc) is 2.93. The van der Waals surface area contributed by atoms with Crippen molar-refractivity contribution in [3.63, 3.8) is 0 Å². The lowest BCUT2D eigenvalue weighted by Crippen LogP contribution is -2.51. The Bertz CT molecular complexity index is 765. The molecule has 1 atom stereocenters. The van der Waals surface area contributed by atoms with Crippen LogP contribution in [0, 0.1) is 0 Å². The molecule has 140 valence electrons. The van der Waals surface area contributed by atoms with Crippen LogP contribution < -0.4 is 5.32 Å². The predicted molar refractivity (Wildman–Crippen MR) is 82.0 cm³/mol. The van der Waals surface area contributed by atoms with E-state index >= 15 is 0 Å². The molecule has 1 amide bonds. The van der Waals surface area contributed by atoms with Gasteiger partial charge in [-0.1, -0.05) is 6.07 Å². The van der Waals surface area contributed by atoms with Gasteiger partial charge in [-0.3, -0.25) is 4.79 Å². The van der Waals surface area contributed by atoms with Crippen LogP contribution in [0.15, 0.2) is 18.2 Å². The number of nitrogens with one attached hydrogen (secondary N) is 1. The van der Waals surface area contributed by atoms with Crippen molar-refractivity contribution >= 4 is 21.7 Å². The second kappa shape index (κ2) is 6.52. The number of nitrogens with zero attached hydrogens (tertiary/aromatic N) is 2. The van der Waals surface area contributed by atoms with Gasteiger partial charge in [-0.25, -0.2) is 17.8 Å². The molecule has 1 aromatic rings. The number of alkyl halides is 4. The highest BCUT2D eigenvalue weighted by Gasteiger charge is 2.47. The second-order valence-corrected chi connectivity index (χ2v) is 8.61. The highest BCUT2D eigenvalue weighted by Crippen LogP contribution is 2.30. The number of carbonyl (C=O) groups is 1. The lowest BCUT2D eigenvalue weighted by atomic mass is 10.2. The van der Waals surface area contributed by atoms with Gasteiger partial charge in [-0.2, -0.15) is 17.5 Å². The summed E-state index contributed by atoms with van der Waals surface area (Å²) in [5.74, 6) is -1.48. The first-order valence-corrected chi connectivity index (χ1v) is 8.79. The zero-order valence-electron chi connectivity index (χ0n) is 13.5. The largest absolute Gasteiger partial charge is 0.433 e. The van der Waals surface area contributed by atoms with Crippen LogP contribution in [0.1, 0.15) is 26.0 Å². The smallest absolute Gasteiger partial charge is 0.309 e. The van der Waals surface area contributed by atoms with Crippen LogP contribution in [0.3, 0.4) is 0 Å². The molecule has 2 heterocycles. The molecule has 6 nitrogen and oxygen atoms in total. The third-order valence-corrected chi connectivity index (χ3v) is 6.39. The molecule has 1 aliphatic rings. The third-order valence-electron chi connectivity index (χ3n) is 3.91. The van der Waals surface area contributed by atoms with Crippen molar-refractivity contribution in [3.8, 4) is 0 Å². The summed E-state index contributed by atoms with van der Waals surface area (Å²) in [5, 5.41) is 2.09. The van der Waals surface area contributed by atoms with Gasteiger partial charge in [0.1, 0.15) is 17.7 Å². The van der Waals surface area contributed by atoms with E-state index in [1.54, 1.807) is 0 Å². The van der Waals surface area contributed by atoms with E-state index in [2.05, 4.69) is 10.3 Å². The molecule has 0 aliphatic carbocycles. The fraction of sp³-hybridized carbons (Fsp3) is 0.571. The maximum Gasteiger partial charge on any atom is 0.433 e. The van der Waals surface area contributed by atoms with Crippen molar-refractivity contribution in [1.82, 2.24) is 9.29 Å². The number of rotatable bonds is 4. The zero-order valence-corrected chi connectivity index (χ0v) is 14.3. The minimum Gasteiger partial charge on any atom is -0.309 e. The van der Waals surface area contributed by atoms with Crippen LogP contribution in [0.4, 0.5) is 23.4 Å². The van der Waals surface area contributed by atoms with Gasteiger partial charge in [0.05, 0.1) is 0 Å². The lowest BCUT2D eigenvalue weighted by molar-refractivity contribution is -0.141. The van der Waals surface area contributed by atoms with Gasteiger partial charge in [0.25, 0.3) is 0 Å². The number of halogens is 4. The first-order valence-electron chi connectivity index (χ1n) is 7.35. The first kappa shape index (κ1) is 19.6.